The first-order valence-electron chi connectivity index (χ1n) is 7.67. The van der Waals surface area contributed by atoms with E-state index in [2.05, 4.69) is 10.3 Å². The monoisotopic (exact) mass is 329 g/mol. The number of aromatic nitrogens is 3. The van der Waals surface area contributed by atoms with Crippen molar-refractivity contribution in [3.05, 3.63) is 51.6 Å². The van der Waals surface area contributed by atoms with Gasteiger partial charge in [-0.15, -0.1) is 0 Å². The van der Waals surface area contributed by atoms with Gasteiger partial charge in [0.15, 0.2) is 5.52 Å². The molecule has 0 bridgehead atoms. The first-order valence-corrected chi connectivity index (χ1v) is 7.67. The van der Waals surface area contributed by atoms with Crippen LogP contribution in [0.15, 0.2) is 33.6 Å². The molecule has 24 heavy (non-hydrogen) atoms. The summed E-state index contributed by atoms with van der Waals surface area (Å²) < 4.78 is 11.8. The van der Waals surface area contributed by atoms with Crippen LogP contribution in [0.5, 0.6) is 5.75 Å². The van der Waals surface area contributed by atoms with Crippen LogP contribution in [-0.2, 0) is 6.54 Å². The van der Waals surface area contributed by atoms with Gasteiger partial charge in [-0.25, -0.2) is 4.68 Å². The van der Waals surface area contributed by atoms with Crippen LogP contribution in [-0.4, -0.2) is 32.8 Å². The third kappa shape index (κ3) is 3.16. The van der Waals surface area contributed by atoms with Crippen molar-refractivity contribution in [2.24, 2.45) is 0 Å². The lowest BCUT2D eigenvalue weighted by atomic mass is 10.2. The van der Waals surface area contributed by atoms with Crippen LogP contribution < -0.4 is 10.3 Å². The summed E-state index contributed by atoms with van der Waals surface area (Å²) in [6, 6.07) is 7.54. The zero-order valence-electron chi connectivity index (χ0n) is 13.8. The van der Waals surface area contributed by atoms with Gasteiger partial charge in [0, 0.05) is 0 Å². The van der Waals surface area contributed by atoms with Gasteiger partial charge >= 0.3 is 0 Å². The molecule has 0 saturated carbocycles. The van der Waals surface area contributed by atoms with Gasteiger partial charge in [-0.05, 0) is 38.5 Å². The van der Waals surface area contributed by atoms with Crippen molar-refractivity contribution in [3.63, 3.8) is 0 Å². The lowest BCUT2D eigenvalue weighted by Crippen LogP contribution is -2.32. The molecule has 7 nitrogen and oxygen atoms in total. The second kappa shape index (κ2) is 6.45. The average Bonchev–Trinajstić information content (AvgIpc) is 2.93. The molecule has 126 valence electrons. The SMILES string of the molecule is Cc1cccc(OCC(O)Cn2nc(C)c3c(C)onc3c2=O)c1. The molecular weight excluding hydrogens is 310 g/mol. The summed E-state index contributed by atoms with van der Waals surface area (Å²) in [5, 5.41) is 18.8. The first kappa shape index (κ1) is 16.2. The van der Waals surface area contributed by atoms with Crippen molar-refractivity contribution in [3.8, 4) is 5.75 Å². The maximum atomic E-state index is 12.4. The summed E-state index contributed by atoms with van der Waals surface area (Å²) in [5.41, 5.74) is 1.55. The van der Waals surface area contributed by atoms with E-state index in [0.717, 1.165) is 5.56 Å². The van der Waals surface area contributed by atoms with Crippen molar-refractivity contribution in [2.45, 2.75) is 33.4 Å². The Morgan fingerprint density at radius 2 is 2.12 bits per heavy atom. The molecule has 3 rings (SSSR count). The Balaban J connectivity index is 1.75. The largest absolute Gasteiger partial charge is 0.491 e. The fourth-order valence-corrected chi connectivity index (χ4v) is 2.62. The lowest BCUT2D eigenvalue weighted by Gasteiger charge is -2.14. The Kier molecular flexibility index (Phi) is 4.35. The summed E-state index contributed by atoms with van der Waals surface area (Å²) in [6.07, 6.45) is -0.874. The highest BCUT2D eigenvalue weighted by Gasteiger charge is 2.17. The van der Waals surface area contributed by atoms with Gasteiger partial charge in [0.1, 0.15) is 24.2 Å². The number of rotatable bonds is 5. The summed E-state index contributed by atoms with van der Waals surface area (Å²) in [7, 11) is 0. The molecule has 0 saturated heterocycles. The van der Waals surface area contributed by atoms with E-state index in [-0.39, 0.29) is 24.2 Å². The smallest absolute Gasteiger partial charge is 0.296 e. The van der Waals surface area contributed by atoms with Crippen LogP contribution in [0.25, 0.3) is 10.9 Å². The topological polar surface area (TPSA) is 90.4 Å². The third-order valence-corrected chi connectivity index (χ3v) is 3.75. The number of aliphatic hydroxyl groups excluding tert-OH is 1. The molecule has 0 aliphatic rings. The molecule has 1 atom stereocenters. The Morgan fingerprint density at radius 1 is 1.33 bits per heavy atom. The summed E-state index contributed by atoms with van der Waals surface area (Å²) in [5.74, 6) is 1.23. The molecule has 3 aromatic rings. The molecule has 2 aromatic heterocycles. The molecule has 7 heteroatoms. The fraction of sp³-hybridized carbons (Fsp3) is 0.353. The Hall–Kier alpha value is -2.67. The minimum Gasteiger partial charge on any atom is -0.491 e. The molecular formula is C17H19N3O4. The first-order chi connectivity index (χ1) is 11.5. The molecule has 0 spiro atoms. The number of aryl methyl sites for hydroxylation is 3. The van der Waals surface area contributed by atoms with Crippen molar-refractivity contribution in [2.75, 3.05) is 6.61 Å². The predicted molar refractivity (Wildman–Crippen MR) is 88.2 cm³/mol. The highest BCUT2D eigenvalue weighted by atomic mass is 16.5. The van der Waals surface area contributed by atoms with Gasteiger partial charge in [0.25, 0.3) is 5.56 Å². The van der Waals surface area contributed by atoms with Crippen molar-refractivity contribution in [1.29, 1.82) is 0 Å². The van der Waals surface area contributed by atoms with Crippen LogP contribution in [0.2, 0.25) is 0 Å². The van der Waals surface area contributed by atoms with Crippen molar-refractivity contribution >= 4 is 10.9 Å². The van der Waals surface area contributed by atoms with E-state index in [1.165, 1.54) is 4.68 Å². The van der Waals surface area contributed by atoms with Crippen LogP contribution in [0.4, 0.5) is 0 Å². The standard InChI is InChI=1S/C17H19N3O4/c1-10-5-4-6-14(7-10)23-9-13(21)8-20-17(22)16-15(11(2)18-20)12(3)24-19-16/h4-7,13,21H,8-9H2,1-3H3. The van der Waals surface area contributed by atoms with E-state index in [1.807, 2.05) is 31.2 Å². The summed E-state index contributed by atoms with van der Waals surface area (Å²) >= 11 is 0. The number of benzene rings is 1. The van der Waals surface area contributed by atoms with Gasteiger partial charge in [-0.1, -0.05) is 17.3 Å². The van der Waals surface area contributed by atoms with E-state index in [0.29, 0.717) is 22.6 Å². The maximum absolute atomic E-state index is 12.4. The van der Waals surface area contributed by atoms with Crippen LogP contribution in [0.1, 0.15) is 17.0 Å². The minimum atomic E-state index is -0.874. The second-order valence-corrected chi connectivity index (χ2v) is 5.82. The van der Waals surface area contributed by atoms with E-state index in [1.54, 1.807) is 13.8 Å². The third-order valence-electron chi connectivity index (χ3n) is 3.75. The second-order valence-electron chi connectivity index (χ2n) is 5.82. The highest BCUT2D eigenvalue weighted by Crippen LogP contribution is 2.16. The van der Waals surface area contributed by atoms with Crippen LogP contribution >= 0.6 is 0 Å². The van der Waals surface area contributed by atoms with Gasteiger partial charge in [-0.3, -0.25) is 4.79 Å². The van der Waals surface area contributed by atoms with E-state index >= 15 is 0 Å². The fourth-order valence-electron chi connectivity index (χ4n) is 2.62. The molecule has 1 N–H and O–H groups in total. The predicted octanol–water partition coefficient (Wildman–Crippen LogP) is 1.75. The number of ether oxygens (including phenoxy) is 1. The molecule has 0 radical (unpaired) electrons. The summed E-state index contributed by atoms with van der Waals surface area (Å²) in [4.78, 5) is 12.4. The molecule has 1 unspecified atom stereocenters. The van der Waals surface area contributed by atoms with Gasteiger partial charge < -0.3 is 14.4 Å². The van der Waals surface area contributed by atoms with Crippen LogP contribution in [0, 0.1) is 20.8 Å². The van der Waals surface area contributed by atoms with Crippen molar-refractivity contribution in [1.82, 2.24) is 14.9 Å². The van der Waals surface area contributed by atoms with Crippen LogP contribution in [0.3, 0.4) is 0 Å². The molecule has 0 aliphatic carbocycles. The van der Waals surface area contributed by atoms with E-state index in [9.17, 15) is 9.90 Å². The number of hydrogen-bond donors (Lipinski definition) is 1. The molecule has 2 heterocycles. The van der Waals surface area contributed by atoms with Gasteiger partial charge in [0.05, 0.1) is 17.6 Å². The normalized spacial score (nSPS) is 12.5. The van der Waals surface area contributed by atoms with Gasteiger partial charge in [0.2, 0.25) is 0 Å². The minimum absolute atomic E-state index is 0.0212. The average molecular weight is 329 g/mol. The number of hydrogen-bond acceptors (Lipinski definition) is 6. The van der Waals surface area contributed by atoms with E-state index in [4.69, 9.17) is 9.26 Å². The zero-order valence-corrected chi connectivity index (χ0v) is 13.8. The summed E-state index contributed by atoms with van der Waals surface area (Å²) in [6.45, 7) is 5.56. The lowest BCUT2D eigenvalue weighted by molar-refractivity contribution is 0.0880. The number of fused-ring (bicyclic) bond motifs is 1. The highest BCUT2D eigenvalue weighted by molar-refractivity contribution is 5.81. The van der Waals surface area contributed by atoms with Crippen molar-refractivity contribution < 1.29 is 14.4 Å². The Labute approximate surface area is 138 Å². The van der Waals surface area contributed by atoms with Gasteiger partial charge in [-0.2, -0.15) is 5.10 Å². The van der Waals surface area contributed by atoms with E-state index < -0.39 is 6.10 Å². The maximum Gasteiger partial charge on any atom is 0.296 e. The molecule has 1 aromatic carbocycles. The number of aliphatic hydroxyl groups is 1. The Bertz CT molecular complexity index is 929. The molecule has 0 fully saturated rings. The molecule has 0 aliphatic heterocycles. The zero-order chi connectivity index (χ0) is 17.3. The molecule has 0 amide bonds. The quantitative estimate of drug-likeness (QED) is 0.767. The number of nitrogens with zero attached hydrogens (tertiary/aromatic N) is 3. The Morgan fingerprint density at radius 3 is 2.88 bits per heavy atom.